The first-order valence-corrected chi connectivity index (χ1v) is 7.10. The Kier molecular flexibility index (Phi) is 3.05. The zero-order chi connectivity index (χ0) is 13.7. The Morgan fingerprint density at radius 1 is 1.17 bits per heavy atom. The number of sulfone groups is 1. The highest BCUT2D eigenvalue weighted by Crippen LogP contribution is 2.38. The van der Waals surface area contributed by atoms with Gasteiger partial charge in [0.2, 0.25) is 0 Å². The van der Waals surface area contributed by atoms with Gasteiger partial charge in [-0.15, -0.1) is 0 Å². The summed E-state index contributed by atoms with van der Waals surface area (Å²) in [7, 11) is -5.49. The molecule has 18 heavy (non-hydrogen) atoms. The minimum Gasteiger partial charge on any atom is -0.294 e. The zero-order valence-corrected chi connectivity index (χ0v) is 11.1. The van der Waals surface area contributed by atoms with E-state index in [4.69, 9.17) is 0 Å². The van der Waals surface area contributed by atoms with E-state index in [9.17, 15) is 26.4 Å². The normalized spacial score (nSPS) is 15.9. The van der Waals surface area contributed by atoms with Crippen LogP contribution in [-0.4, -0.2) is 19.7 Å². The van der Waals surface area contributed by atoms with Crippen LogP contribution in [0, 0.1) is 0 Å². The second-order valence-corrected chi connectivity index (χ2v) is 6.54. The number of rotatable bonds is 1. The predicted molar refractivity (Wildman–Crippen MR) is 60.0 cm³/mol. The lowest BCUT2D eigenvalue weighted by Gasteiger charge is -2.12. The molecule has 1 aliphatic carbocycles. The van der Waals surface area contributed by atoms with E-state index in [1.165, 1.54) is 6.07 Å². The summed E-state index contributed by atoms with van der Waals surface area (Å²) in [5.74, 6) is -0.575. The third kappa shape index (κ3) is 1.87. The van der Waals surface area contributed by atoms with Crippen molar-refractivity contribution in [3.05, 3.63) is 27.7 Å². The van der Waals surface area contributed by atoms with Crippen molar-refractivity contribution in [1.29, 1.82) is 0 Å². The Balaban J connectivity index is 2.77. The molecule has 0 heterocycles. The molecular weight excluding hydrogens is 337 g/mol. The van der Waals surface area contributed by atoms with Crippen molar-refractivity contribution >= 4 is 31.6 Å². The Morgan fingerprint density at radius 2 is 1.78 bits per heavy atom. The molecule has 0 atom stereocenters. The van der Waals surface area contributed by atoms with E-state index in [2.05, 4.69) is 15.9 Å². The lowest BCUT2D eigenvalue weighted by atomic mass is 10.1. The second-order valence-electron chi connectivity index (χ2n) is 3.77. The number of carbonyl (C=O) groups excluding carboxylic acids is 1. The molecule has 2 rings (SSSR count). The largest absolute Gasteiger partial charge is 0.501 e. The van der Waals surface area contributed by atoms with Crippen LogP contribution in [0.1, 0.15) is 22.3 Å². The number of fused-ring (bicyclic) bond motifs is 1. The van der Waals surface area contributed by atoms with Gasteiger partial charge in [-0.2, -0.15) is 13.2 Å². The van der Waals surface area contributed by atoms with E-state index in [0.29, 0.717) is 10.0 Å². The van der Waals surface area contributed by atoms with Crippen LogP contribution >= 0.6 is 15.9 Å². The van der Waals surface area contributed by atoms with Crippen LogP contribution in [0.2, 0.25) is 0 Å². The average Bonchev–Trinajstić information content (AvgIpc) is 2.60. The van der Waals surface area contributed by atoms with Crippen LogP contribution in [0.25, 0.3) is 0 Å². The first-order valence-electron chi connectivity index (χ1n) is 4.82. The molecule has 0 unspecified atom stereocenters. The van der Waals surface area contributed by atoms with E-state index >= 15 is 0 Å². The Hall–Kier alpha value is -0.890. The summed E-state index contributed by atoms with van der Waals surface area (Å²) >= 11 is 3.10. The van der Waals surface area contributed by atoms with E-state index < -0.39 is 26.0 Å². The summed E-state index contributed by atoms with van der Waals surface area (Å²) in [6.07, 6.45) is 0.272. The molecule has 0 aromatic heterocycles. The molecule has 98 valence electrons. The van der Waals surface area contributed by atoms with E-state index in [-0.39, 0.29) is 18.4 Å². The molecule has 0 saturated carbocycles. The topological polar surface area (TPSA) is 51.2 Å². The standard InChI is InChI=1S/C10H6BrF3O3S/c11-6-2-4-8(18(16,17)10(12,13)14)9-5(6)1-3-7(9)15/h2,4H,1,3H2. The maximum absolute atomic E-state index is 12.5. The summed E-state index contributed by atoms with van der Waals surface area (Å²) < 4.78 is 60.7. The first kappa shape index (κ1) is 13.5. The molecule has 1 aromatic rings. The molecule has 0 amide bonds. The number of hydrogen-bond acceptors (Lipinski definition) is 3. The van der Waals surface area contributed by atoms with Gasteiger partial charge in [0.1, 0.15) is 0 Å². The molecule has 0 bridgehead atoms. The lowest BCUT2D eigenvalue weighted by Crippen LogP contribution is -2.25. The van der Waals surface area contributed by atoms with Gasteiger partial charge in [0.05, 0.1) is 4.90 Å². The van der Waals surface area contributed by atoms with Crippen LogP contribution in [-0.2, 0) is 16.3 Å². The maximum Gasteiger partial charge on any atom is 0.501 e. The SMILES string of the molecule is O=C1CCc2c(Br)ccc(S(=O)(=O)C(F)(F)F)c21. The zero-order valence-electron chi connectivity index (χ0n) is 8.71. The van der Waals surface area contributed by atoms with Crippen LogP contribution in [0.4, 0.5) is 13.2 Å². The van der Waals surface area contributed by atoms with E-state index in [1.54, 1.807) is 0 Å². The number of alkyl halides is 3. The third-order valence-corrected chi connectivity index (χ3v) is 4.96. The molecule has 0 radical (unpaired) electrons. The predicted octanol–water partition coefficient (Wildman–Crippen LogP) is 2.87. The lowest BCUT2D eigenvalue weighted by molar-refractivity contribution is -0.0436. The van der Waals surface area contributed by atoms with Gasteiger partial charge in [-0.1, -0.05) is 15.9 Å². The average molecular weight is 343 g/mol. The van der Waals surface area contributed by atoms with Crippen molar-refractivity contribution in [2.75, 3.05) is 0 Å². The summed E-state index contributed by atoms with van der Waals surface area (Å²) in [6.45, 7) is 0. The molecule has 1 aliphatic rings. The highest BCUT2D eigenvalue weighted by molar-refractivity contribution is 9.10. The number of hydrogen-bond donors (Lipinski definition) is 0. The minimum absolute atomic E-state index is 0.0261. The molecule has 0 fully saturated rings. The van der Waals surface area contributed by atoms with Crippen molar-refractivity contribution in [3.63, 3.8) is 0 Å². The van der Waals surface area contributed by atoms with Gasteiger partial charge in [-0.25, -0.2) is 8.42 Å². The van der Waals surface area contributed by atoms with E-state index in [1.807, 2.05) is 0 Å². The van der Waals surface area contributed by atoms with Crippen molar-refractivity contribution in [1.82, 2.24) is 0 Å². The van der Waals surface area contributed by atoms with Crippen LogP contribution < -0.4 is 0 Å². The minimum atomic E-state index is -5.49. The van der Waals surface area contributed by atoms with Crippen molar-refractivity contribution in [3.8, 4) is 0 Å². The summed E-state index contributed by atoms with van der Waals surface area (Å²) in [6, 6.07) is 2.03. The number of carbonyl (C=O) groups is 1. The highest BCUT2D eigenvalue weighted by Gasteiger charge is 2.49. The molecular formula is C10H6BrF3O3S. The maximum atomic E-state index is 12.5. The molecule has 0 spiro atoms. The van der Waals surface area contributed by atoms with Crippen molar-refractivity contribution in [2.45, 2.75) is 23.2 Å². The van der Waals surface area contributed by atoms with Gasteiger partial charge >= 0.3 is 5.51 Å². The molecule has 0 aliphatic heterocycles. The fraction of sp³-hybridized carbons (Fsp3) is 0.300. The fourth-order valence-electron chi connectivity index (χ4n) is 1.86. The van der Waals surface area contributed by atoms with Crippen molar-refractivity contribution in [2.24, 2.45) is 0 Å². The smallest absolute Gasteiger partial charge is 0.294 e. The van der Waals surface area contributed by atoms with Gasteiger partial charge in [0.25, 0.3) is 9.84 Å². The number of benzene rings is 1. The van der Waals surface area contributed by atoms with Gasteiger partial charge < -0.3 is 0 Å². The van der Waals surface area contributed by atoms with E-state index in [0.717, 1.165) is 6.07 Å². The highest BCUT2D eigenvalue weighted by atomic mass is 79.9. The number of Topliss-reactive ketones (excluding diaryl/α,β-unsaturated/α-hetero) is 1. The van der Waals surface area contributed by atoms with Crippen LogP contribution in [0.5, 0.6) is 0 Å². The first-order chi connectivity index (χ1) is 8.16. The summed E-state index contributed by atoms with van der Waals surface area (Å²) in [5.41, 5.74) is -5.41. The monoisotopic (exact) mass is 342 g/mol. The Labute approximate surface area is 109 Å². The van der Waals surface area contributed by atoms with Crippen LogP contribution in [0.15, 0.2) is 21.5 Å². The fourth-order valence-corrected chi connectivity index (χ4v) is 3.39. The molecule has 8 heteroatoms. The molecule has 0 saturated heterocycles. The van der Waals surface area contributed by atoms with Crippen molar-refractivity contribution < 1.29 is 26.4 Å². The Morgan fingerprint density at radius 3 is 2.33 bits per heavy atom. The molecule has 0 N–H and O–H groups in total. The van der Waals surface area contributed by atoms with Crippen LogP contribution in [0.3, 0.4) is 0 Å². The summed E-state index contributed by atoms with van der Waals surface area (Å²) in [4.78, 5) is 10.6. The van der Waals surface area contributed by atoms with Gasteiger partial charge in [-0.3, -0.25) is 4.79 Å². The molecule has 1 aromatic carbocycles. The van der Waals surface area contributed by atoms with Gasteiger partial charge in [0, 0.05) is 16.5 Å². The quantitative estimate of drug-likeness (QED) is 0.788. The number of ketones is 1. The summed E-state index contributed by atoms with van der Waals surface area (Å²) in [5, 5.41) is 0. The van der Waals surface area contributed by atoms with Gasteiger partial charge in [0.15, 0.2) is 5.78 Å². The third-order valence-electron chi connectivity index (χ3n) is 2.69. The molecule has 3 nitrogen and oxygen atoms in total. The Bertz CT molecular complexity index is 635. The number of halogens is 4. The second kappa shape index (κ2) is 4.06. The van der Waals surface area contributed by atoms with Gasteiger partial charge in [-0.05, 0) is 24.1 Å².